The van der Waals surface area contributed by atoms with E-state index < -0.39 is 0 Å². The molecule has 28 heavy (non-hydrogen) atoms. The Labute approximate surface area is 167 Å². The van der Waals surface area contributed by atoms with Crippen molar-refractivity contribution in [3.05, 3.63) is 77.9 Å². The molecule has 2 N–H and O–H groups in total. The molecule has 0 unspecified atom stereocenters. The Morgan fingerprint density at radius 1 is 1.18 bits per heavy atom. The summed E-state index contributed by atoms with van der Waals surface area (Å²) in [6, 6.07) is 17.7. The van der Waals surface area contributed by atoms with Gasteiger partial charge in [0, 0.05) is 16.3 Å². The number of aromatic nitrogens is 1. The van der Waals surface area contributed by atoms with Crippen LogP contribution < -0.4 is 10.1 Å². The molecule has 0 aliphatic carbocycles. The highest BCUT2D eigenvalue weighted by molar-refractivity contribution is 7.99. The number of fused-ring (bicyclic) bond motifs is 1. The van der Waals surface area contributed by atoms with Crippen molar-refractivity contribution in [3.63, 3.8) is 0 Å². The number of hydrogen-bond acceptors (Lipinski definition) is 4. The first-order valence-corrected chi connectivity index (χ1v) is 9.70. The number of benzene rings is 2. The highest BCUT2D eigenvalue weighted by atomic mass is 32.2. The molecule has 0 aliphatic heterocycles. The van der Waals surface area contributed by atoms with Crippen LogP contribution in [-0.2, 0) is 6.54 Å². The lowest BCUT2D eigenvalue weighted by Crippen LogP contribution is -2.23. The smallest absolute Gasteiger partial charge is 0.269 e. The van der Waals surface area contributed by atoms with E-state index in [1.807, 2.05) is 24.3 Å². The molecule has 2 aromatic heterocycles. The maximum Gasteiger partial charge on any atom is 0.269 e. The molecule has 1 amide bonds. The van der Waals surface area contributed by atoms with Gasteiger partial charge in [-0.3, -0.25) is 4.79 Å². The van der Waals surface area contributed by atoms with Gasteiger partial charge in [0.25, 0.3) is 5.91 Å². The summed E-state index contributed by atoms with van der Waals surface area (Å²) in [5.41, 5.74) is 2.59. The molecule has 6 heteroatoms. The zero-order chi connectivity index (χ0) is 19.5. The SMILES string of the molecule is COc1ccc2c(Sc3ccc(C)cc3)c(C(=O)NCc3ccco3)[nH]c2c1. The second kappa shape index (κ2) is 7.86. The van der Waals surface area contributed by atoms with Gasteiger partial charge >= 0.3 is 0 Å². The number of rotatable bonds is 6. The second-order valence-corrected chi connectivity index (χ2v) is 7.50. The van der Waals surface area contributed by atoms with E-state index in [0.29, 0.717) is 18.0 Å². The first kappa shape index (κ1) is 18.3. The lowest BCUT2D eigenvalue weighted by molar-refractivity contribution is 0.0941. The minimum Gasteiger partial charge on any atom is -0.497 e. The molecule has 0 bridgehead atoms. The maximum atomic E-state index is 12.9. The Hall–Kier alpha value is -3.12. The summed E-state index contributed by atoms with van der Waals surface area (Å²) < 4.78 is 10.6. The van der Waals surface area contributed by atoms with E-state index >= 15 is 0 Å². The number of nitrogens with one attached hydrogen (secondary N) is 2. The fourth-order valence-electron chi connectivity index (χ4n) is 2.94. The zero-order valence-corrected chi connectivity index (χ0v) is 16.4. The summed E-state index contributed by atoms with van der Waals surface area (Å²) in [4.78, 5) is 18.1. The first-order chi connectivity index (χ1) is 13.6. The third-order valence-electron chi connectivity index (χ3n) is 4.43. The van der Waals surface area contributed by atoms with Crippen molar-refractivity contribution in [2.45, 2.75) is 23.3 Å². The number of aromatic amines is 1. The number of hydrogen-bond donors (Lipinski definition) is 2. The van der Waals surface area contributed by atoms with Crippen LogP contribution in [0, 0.1) is 6.92 Å². The maximum absolute atomic E-state index is 12.9. The van der Waals surface area contributed by atoms with Crippen LogP contribution in [0.4, 0.5) is 0 Å². The number of methoxy groups -OCH3 is 1. The number of ether oxygens (including phenoxy) is 1. The van der Waals surface area contributed by atoms with Crippen LogP contribution in [0.3, 0.4) is 0 Å². The van der Waals surface area contributed by atoms with Gasteiger partial charge < -0.3 is 19.5 Å². The lowest BCUT2D eigenvalue weighted by atomic mass is 10.2. The number of aryl methyl sites for hydroxylation is 1. The average Bonchev–Trinajstić information content (AvgIpc) is 3.35. The van der Waals surface area contributed by atoms with Gasteiger partial charge in [0.15, 0.2) is 0 Å². The quantitative estimate of drug-likeness (QED) is 0.476. The van der Waals surface area contributed by atoms with Gasteiger partial charge in [-0.2, -0.15) is 0 Å². The van der Waals surface area contributed by atoms with E-state index in [-0.39, 0.29) is 5.91 Å². The molecule has 0 saturated carbocycles. The molecular formula is C22H20N2O3S. The van der Waals surface area contributed by atoms with E-state index in [9.17, 15) is 4.79 Å². The third kappa shape index (κ3) is 3.77. The molecule has 0 aliphatic rings. The van der Waals surface area contributed by atoms with Crippen LogP contribution >= 0.6 is 11.8 Å². The number of amides is 1. The minimum absolute atomic E-state index is 0.179. The van der Waals surface area contributed by atoms with Crippen LogP contribution in [-0.4, -0.2) is 18.0 Å². The van der Waals surface area contributed by atoms with E-state index in [4.69, 9.17) is 9.15 Å². The molecule has 4 aromatic rings. The summed E-state index contributed by atoms with van der Waals surface area (Å²) in [5, 5.41) is 3.90. The lowest BCUT2D eigenvalue weighted by Gasteiger charge is -2.06. The van der Waals surface area contributed by atoms with Crippen molar-refractivity contribution in [1.82, 2.24) is 10.3 Å². The molecule has 2 aromatic carbocycles. The van der Waals surface area contributed by atoms with Gasteiger partial charge in [-0.25, -0.2) is 0 Å². The predicted molar refractivity (Wildman–Crippen MR) is 110 cm³/mol. The Balaban J connectivity index is 1.70. The van der Waals surface area contributed by atoms with E-state index in [1.54, 1.807) is 31.2 Å². The van der Waals surface area contributed by atoms with Crippen LogP contribution in [0.15, 0.2) is 75.1 Å². The van der Waals surface area contributed by atoms with Crippen molar-refractivity contribution in [2.24, 2.45) is 0 Å². The van der Waals surface area contributed by atoms with Crippen LogP contribution in [0.5, 0.6) is 5.75 Å². The fourth-order valence-corrected chi connectivity index (χ4v) is 3.98. The normalized spacial score (nSPS) is 10.9. The molecule has 4 rings (SSSR count). The number of carbonyl (C=O) groups is 1. The molecule has 0 spiro atoms. The van der Waals surface area contributed by atoms with E-state index in [1.165, 1.54) is 5.56 Å². The summed E-state index contributed by atoms with van der Waals surface area (Å²) in [6.07, 6.45) is 1.59. The molecule has 0 atom stereocenters. The highest BCUT2D eigenvalue weighted by Crippen LogP contribution is 2.38. The van der Waals surface area contributed by atoms with Gasteiger partial charge in [-0.1, -0.05) is 29.5 Å². The molecule has 142 valence electrons. The van der Waals surface area contributed by atoms with Gasteiger partial charge in [-0.05, 0) is 43.3 Å². The largest absolute Gasteiger partial charge is 0.497 e. The van der Waals surface area contributed by atoms with Gasteiger partial charge in [0.1, 0.15) is 17.2 Å². The van der Waals surface area contributed by atoms with Gasteiger partial charge in [-0.15, -0.1) is 0 Å². The molecular weight excluding hydrogens is 372 g/mol. The zero-order valence-electron chi connectivity index (χ0n) is 15.6. The number of carbonyl (C=O) groups excluding carboxylic acids is 1. The van der Waals surface area contributed by atoms with Crippen molar-refractivity contribution in [3.8, 4) is 5.75 Å². The van der Waals surface area contributed by atoms with Crippen molar-refractivity contribution >= 4 is 28.6 Å². The molecule has 0 fully saturated rings. The number of H-pyrrole nitrogens is 1. The van der Waals surface area contributed by atoms with Crippen molar-refractivity contribution in [2.75, 3.05) is 7.11 Å². The van der Waals surface area contributed by atoms with Gasteiger partial charge in [0.2, 0.25) is 0 Å². The van der Waals surface area contributed by atoms with Crippen LogP contribution in [0.25, 0.3) is 10.9 Å². The van der Waals surface area contributed by atoms with Crippen LogP contribution in [0.1, 0.15) is 21.8 Å². The first-order valence-electron chi connectivity index (χ1n) is 8.89. The Morgan fingerprint density at radius 3 is 2.71 bits per heavy atom. The summed E-state index contributed by atoms with van der Waals surface area (Å²) in [6.45, 7) is 2.39. The minimum atomic E-state index is -0.179. The molecule has 5 nitrogen and oxygen atoms in total. The summed E-state index contributed by atoms with van der Waals surface area (Å²) in [5.74, 6) is 1.27. The highest BCUT2D eigenvalue weighted by Gasteiger charge is 2.19. The average molecular weight is 392 g/mol. The van der Waals surface area contributed by atoms with E-state index in [2.05, 4.69) is 41.5 Å². The summed E-state index contributed by atoms with van der Waals surface area (Å²) in [7, 11) is 1.63. The molecule has 0 radical (unpaired) electrons. The fraction of sp³-hybridized carbons (Fsp3) is 0.136. The third-order valence-corrected chi connectivity index (χ3v) is 5.57. The number of furan rings is 1. The summed E-state index contributed by atoms with van der Waals surface area (Å²) >= 11 is 1.57. The molecule has 0 saturated heterocycles. The molecule has 2 heterocycles. The van der Waals surface area contributed by atoms with Crippen molar-refractivity contribution in [1.29, 1.82) is 0 Å². The van der Waals surface area contributed by atoms with Gasteiger partial charge in [0.05, 0.1) is 30.3 Å². The predicted octanol–water partition coefficient (Wildman–Crippen LogP) is 5.16. The second-order valence-electron chi connectivity index (χ2n) is 6.42. The Kier molecular flexibility index (Phi) is 5.12. The van der Waals surface area contributed by atoms with E-state index in [0.717, 1.165) is 26.4 Å². The Bertz CT molecular complexity index is 1100. The van der Waals surface area contributed by atoms with Crippen molar-refractivity contribution < 1.29 is 13.9 Å². The van der Waals surface area contributed by atoms with Crippen LogP contribution in [0.2, 0.25) is 0 Å². The topological polar surface area (TPSA) is 67.3 Å². The monoisotopic (exact) mass is 392 g/mol. The Morgan fingerprint density at radius 2 is 2.00 bits per heavy atom. The standard InChI is InChI=1S/C22H20N2O3S/c1-14-5-8-17(9-6-14)28-21-18-10-7-15(26-2)12-19(18)24-20(21)22(25)23-13-16-4-3-11-27-16/h3-12,24H,13H2,1-2H3,(H,23,25).